The van der Waals surface area contributed by atoms with Crippen LogP contribution in [0.4, 0.5) is 16.4 Å². The van der Waals surface area contributed by atoms with Crippen molar-refractivity contribution in [1.82, 2.24) is 25.2 Å². The summed E-state index contributed by atoms with van der Waals surface area (Å²) in [4.78, 5) is 28.3. The normalized spacial score (nSPS) is 21.4. The van der Waals surface area contributed by atoms with E-state index in [2.05, 4.69) is 50.6 Å². The Hall–Kier alpha value is -3.88. The molecule has 1 aliphatic heterocycles. The molecule has 1 saturated carbocycles. The number of hydrogen-bond donors (Lipinski definition) is 4. The highest BCUT2D eigenvalue weighted by Gasteiger charge is 2.26. The van der Waals surface area contributed by atoms with Gasteiger partial charge in [0.1, 0.15) is 17.3 Å². The van der Waals surface area contributed by atoms with E-state index in [1.807, 2.05) is 6.07 Å². The van der Waals surface area contributed by atoms with Crippen molar-refractivity contribution in [2.24, 2.45) is 0 Å². The van der Waals surface area contributed by atoms with Crippen molar-refractivity contribution in [1.29, 1.82) is 0 Å². The molecule has 0 radical (unpaired) electrons. The number of aryl methyl sites for hydroxylation is 1. The lowest BCUT2D eigenvalue weighted by molar-refractivity contribution is -0.115. The Bertz CT molecular complexity index is 1270. The zero-order valence-corrected chi connectivity index (χ0v) is 17.4. The summed E-state index contributed by atoms with van der Waals surface area (Å²) in [6.45, 7) is 0. The van der Waals surface area contributed by atoms with Gasteiger partial charge < -0.3 is 16.0 Å². The predicted molar refractivity (Wildman–Crippen MR) is 120 cm³/mol. The van der Waals surface area contributed by atoms with Gasteiger partial charge >= 0.3 is 6.03 Å². The topological polar surface area (TPSA) is 112 Å². The summed E-state index contributed by atoms with van der Waals surface area (Å²) < 4.78 is 1.75. The minimum atomic E-state index is -0.528. The van der Waals surface area contributed by atoms with Crippen LogP contribution in [0.25, 0.3) is 11.7 Å². The Kier molecular flexibility index (Phi) is 4.34. The minimum Gasteiger partial charge on any atom is -0.367 e. The summed E-state index contributed by atoms with van der Waals surface area (Å²) in [7, 11) is 0. The Balaban J connectivity index is 1.40. The van der Waals surface area contributed by atoms with Crippen molar-refractivity contribution in [3.8, 4) is 0 Å². The fourth-order valence-electron chi connectivity index (χ4n) is 4.42. The highest BCUT2D eigenvalue weighted by atomic mass is 16.2. The number of amides is 3. The van der Waals surface area contributed by atoms with Crippen LogP contribution in [-0.4, -0.2) is 32.6 Å². The second kappa shape index (κ2) is 7.37. The van der Waals surface area contributed by atoms with E-state index < -0.39 is 11.9 Å². The summed E-state index contributed by atoms with van der Waals surface area (Å²) >= 11 is 0. The number of carbonyl (C=O) groups is 2. The van der Waals surface area contributed by atoms with Gasteiger partial charge in [-0.1, -0.05) is 24.3 Å². The average Bonchev–Trinajstić information content (AvgIpc) is 3.42. The second-order valence-corrected chi connectivity index (χ2v) is 8.53. The number of aromatic nitrogens is 3. The van der Waals surface area contributed by atoms with Crippen LogP contribution >= 0.6 is 0 Å². The monoisotopic (exact) mass is 429 g/mol. The van der Waals surface area contributed by atoms with Crippen LogP contribution in [0.15, 0.2) is 42.2 Å². The molecule has 3 heterocycles. The van der Waals surface area contributed by atoms with Gasteiger partial charge in [0.2, 0.25) is 0 Å². The summed E-state index contributed by atoms with van der Waals surface area (Å²) in [5.74, 6) is 1.15. The fourth-order valence-corrected chi connectivity index (χ4v) is 4.42. The van der Waals surface area contributed by atoms with Gasteiger partial charge in [-0.3, -0.25) is 10.1 Å². The van der Waals surface area contributed by atoms with Gasteiger partial charge in [-0.15, -0.1) is 0 Å². The quantitative estimate of drug-likeness (QED) is 0.366. The number of carbonyl (C=O) groups excluding carboxylic acids is 2. The number of nitrogens with zero attached hydrogens (tertiary/aromatic N) is 3. The maximum atomic E-state index is 12.0. The van der Waals surface area contributed by atoms with Crippen molar-refractivity contribution in [3.05, 3.63) is 58.9 Å². The molecular formula is C23H23N7O2. The molecule has 162 valence electrons. The molecule has 2 fully saturated rings. The predicted octanol–water partition coefficient (Wildman–Crippen LogP) is 2.97. The Morgan fingerprint density at radius 3 is 2.78 bits per heavy atom. The minimum absolute atomic E-state index is 0.183. The van der Waals surface area contributed by atoms with Gasteiger partial charge in [0.15, 0.2) is 5.65 Å². The first kappa shape index (κ1) is 18.9. The second-order valence-electron chi connectivity index (χ2n) is 8.53. The number of urea groups is 1. The molecule has 0 bridgehead atoms. The Morgan fingerprint density at radius 1 is 1.09 bits per heavy atom. The molecule has 3 aliphatic rings. The number of imide groups is 1. The summed E-state index contributed by atoms with van der Waals surface area (Å²) in [6, 6.07) is 10.6. The molecule has 9 nitrogen and oxygen atoms in total. The van der Waals surface area contributed by atoms with E-state index in [9.17, 15) is 9.59 Å². The number of nitrogens with one attached hydrogen (secondary N) is 4. The summed E-state index contributed by atoms with van der Waals surface area (Å²) in [5, 5.41) is 16.4. The number of benzene rings is 1. The van der Waals surface area contributed by atoms with Crippen LogP contribution in [0, 0.1) is 0 Å². The first-order chi connectivity index (χ1) is 15.6. The molecule has 3 aromatic rings. The lowest BCUT2D eigenvalue weighted by Gasteiger charge is -2.27. The van der Waals surface area contributed by atoms with Crippen molar-refractivity contribution in [2.75, 3.05) is 10.6 Å². The highest BCUT2D eigenvalue weighted by Crippen LogP contribution is 2.33. The van der Waals surface area contributed by atoms with E-state index >= 15 is 0 Å². The van der Waals surface area contributed by atoms with Crippen LogP contribution in [0.5, 0.6) is 0 Å². The largest absolute Gasteiger partial charge is 0.367 e. The molecular weight excluding hydrogens is 406 g/mol. The molecule has 3 amide bonds. The van der Waals surface area contributed by atoms with Gasteiger partial charge in [-0.05, 0) is 49.3 Å². The van der Waals surface area contributed by atoms with Crippen LogP contribution < -0.4 is 21.3 Å². The average molecular weight is 429 g/mol. The Morgan fingerprint density at radius 2 is 1.97 bits per heavy atom. The van der Waals surface area contributed by atoms with Crippen molar-refractivity contribution < 1.29 is 9.59 Å². The van der Waals surface area contributed by atoms with Crippen molar-refractivity contribution in [3.63, 3.8) is 0 Å². The molecule has 4 N–H and O–H groups in total. The molecule has 32 heavy (non-hydrogen) atoms. The molecule has 0 spiro atoms. The number of hydrogen-bond acceptors (Lipinski definition) is 6. The van der Waals surface area contributed by atoms with Crippen molar-refractivity contribution >= 4 is 35.3 Å². The number of rotatable bonds is 5. The number of anilines is 2. The van der Waals surface area contributed by atoms with Gasteiger partial charge in [-0.25, -0.2) is 9.78 Å². The van der Waals surface area contributed by atoms with E-state index in [-0.39, 0.29) is 11.7 Å². The fraction of sp³-hybridized carbons (Fsp3) is 0.304. The zero-order chi connectivity index (χ0) is 21.7. The third-order valence-corrected chi connectivity index (χ3v) is 6.14. The van der Waals surface area contributed by atoms with E-state index in [4.69, 9.17) is 4.98 Å². The third kappa shape index (κ3) is 3.45. The molecule has 2 aliphatic carbocycles. The van der Waals surface area contributed by atoms with E-state index in [0.717, 1.165) is 43.7 Å². The zero-order valence-electron chi connectivity index (χ0n) is 17.4. The SMILES string of the molecule is O=C1NC(=O)/C(=C/c2cnn3c(NC4CC4)cc(NC4CCCc5ccccc54)nc23)N1. The van der Waals surface area contributed by atoms with Crippen molar-refractivity contribution in [2.45, 2.75) is 44.2 Å². The van der Waals surface area contributed by atoms with E-state index in [1.54, 1.807) is 16.8 Å². The number of fused-ring (bicyclic) bond motifs is 2. The maximum Gasteiger partial charge on any atom is 0.326 e. The molecule has 1 saturated heterocycles. The van der Waals surface area contributed by atoms with Gasteiger partial charge in [0.05, 0.1) is 12.2 Å². The van der Waals surface area contributed by atoms with Crippen LogP contribution in [0.2, 0.25) is 0 Å². The summed E-state index contributed by atoms with van der Waals surface area (Å²) in [5.41, 5.74) is 4.15. The molecule has 1 unspecified atom stereocenters. The molecule has 2 aromatic heterocycles. The van der Waals surface area contributed by atoms with Crippen LogP contribution in [-0.2, 0) is 11.2 Å². The van der Waals surface area contributed by atoms with Gasteiger partial charge in [0, 0.05) is 17.7 Å². The summed E-state index contributed by atoms with van der Waals surface area (Å²) in [6.07, 6.45) is 8.80. The molecule has 1 aromatic carbocycles. The lowest BCUT2D eigenvalue weighted by Crippen LogP contribution is -2.22. The van der Waals surface area contributed by atoms with Crippen LogP contribution in [0.1, 0.15) is 48.4 Å². The highest BCUT2D eigenvalue weighted by molar-refractivity contribution is 6.14. The lowest BCUT2D eigenvalue weighted by atomic mass is 9.88. The molecule has 1 atom stereocenters. The molecule has 6 rings (SSSR count). The smallest absolute Gasteiger partial charge is 0.326 e. The van der Waals surface area contributed by atoms with Gasteiger partial charge in [-0.2, -0.15) is 9.61 Å². The molecule has 9 heteroatoms. The Labute approximate surface area is 184 Å². The van der Waals surface area contributed by atoms with Gasteiger partial charge in [0.25, 0.3) is 5.91 Å². The first-order valence-corrected chi connectivity index (χ1v) is 11.0. The van der Waals surface area contributed by atoms with E-state index in [0.29, 0.717) is 17.3 Å². The van der Waals surface area contributed by atoms with E-state index in [1.165, 1.54) is 11.1 Å². The third-order valence-electron chi connectivity index (χ3n) is 6.14. The maximum absolute atomic E-state index is 12.0. The standard InChI is InChI=1S/C23H23N7O2/c31-22-18(27-23(32)29-22)10-14-12-24-30-20(25-15-8-9-15)11-19(28-21(14)30)26-17-7-3-5-13-4-1-2-6-16(13)17/h1-2,4,6,10-12,15,17,25H,3,5,7-9H2,(H,26,28)(H2,27,29,31,32)/b18-10-. The van der Waals surface area contributed by atoms with Crippen LogP contribution in [0.3, 0.4) is 0 Å². The first-order valence-electron chi connectivity index (χ1n) is 11.0.